The minimum Gasteiger partial charge on any atom is -0.446 e. The van der Waals surface area contributed by atoms with Crippen LogP contribution in [0.1, 0.15) is 37.7 Å². The molecule has 0 saturated heterocycles. The third-order valence-electron chi connectivity index (χ3n) is 3.22. The van der Waals surface area contributed by atoms with Crippen LogP contribution in [0.25, 0.3) is 6.08 Å². The largest absolute Gasteiger partial charge is 0.446 e. The first-order valence-corrected chi connectivity index (χ1v) is 6.48. The number of benzene rings is 1. The molecule has 1 aliphatic rings. The first-order valence-electron chi connectivity index (χ1n) is 6.48. The molecule has 1 N–H and O–H groups in total. The van der Waals surface area contributed by atoms with Crippen molar-refractivity contribution in [3.8, 4) is 0 Å². The second-order valence-electron chi connectivity index (χ2n) is 4.62. The Labute approximate surface area is 108 Å². The molecule has 3 nitrogen and oxygen atoms in total. The maximum atomic E-state index is 11.7. The van der Waals surface area contributed by atoms with Crippen molar-refractivity contribution in [3.05, 3.63) is 36.4 Å². The minimum atomic E-state index is -0.353. The van der Waals surface area contributed by atoms with Crippen LogP contribution < -0.4 is 5.32 Å². The normalized spacial score (nSPS) is 16.0. The zero-order valence-corrected chi connectivity index (χ0v) is 10.5. The Hall–Kier alpha value is -1.77. The molecule has 0 unspecified atom stereocenters. The molecule has 2 rings (SSSR count). The van der Waals surface area contributed by atoms with Crippen molar-refractivity contribution in [1.29, 1.82) is 0 Å². The van der Waals surface area contributed by atoms with Crippen LogP contribution in [0.3, 0.4) is 0 Å². The molecule has 0 atom stereocenters. The highest BCUT2D eigenvalue weighted by Gasteiger charge is 2.17. The molecule has 1 aliphatic carbocycles. The molecule has 0 aliphatic heterocycles. The van der Waals surface area contributed by atoms with Crippen LogP contribution in [0.2, 0.25) is 0 Å². The van der Waals surface area contributed by atoms with Crippen LogP contribution in [0.4, 0.5) is 10.5 Å². The van der Waals surface area contributed by atoms with Crippen LogP contribution in [0.5, 0.6) is 0 Å². The molecule has 0 aromatic heterocycles. The molecular formula is C15H19NO2. The smallest absolute Gasteiger partial charge is 0.411 e. The van der Waals surface area contributed by atoms with Gasteiger partial charge in [-0.2, -0.15) is 0 Å². The number of anilines is 1. The van der Waals surface area contributed by atoms with Crippen molar-refractivity contribution in [2.45, 2.75) is 38.2 Å². The summed E-state index contributed by atoms with van der Waals surface area (Å²) in [6.45, 7) is 3.69. The Morgan fingerprint density at radius 2 is 1.89 bits per heavy atom. The lowest BCUT2D eigenvalue weighted by Crippen LogP contribution is -2.24. The fourth-order valence-corrected chi connectivity index (χ4v) is 2.18. The van der Waals surface area contributed by atoms with Crippen molar-refractivity contribution in [3.63, 3.8) is 0 Å². The number of carbonyl (C=O) groups excluding carboxylic acids is 1. The van der Waals surface area contributed by atoms with E-state index >= 15 is 0 Å². The number of hydrogen-bond donors (Lipinski definition) is 1. The van der Waals surface area contributed by atoms with E-state index in [-0.39, 0.29) is 12.2 Å². The zero-order chi connectivity index (χ0) is 12.8. The van der Waals surface area contributed by atoms with Gasteiger partial charge in [-0.15, -0.1) is 0 Å². The summed E-state index contributed by atoms with van der Waals surface area (Å²) in [5.74, 6) is 0. The predicted octanol–water partition coefficient (Wildman–Crippen LogP) is 4.21. The van der Waals surface area contributed by atoms with E-state index in [9.17, 15) is 4.79 Å². The second kappa shape index (κ2) is 6.24. The fraction of sp³-hybridized carbons (Fsp3) is 0.400. The molecule has 0 radical (unpaired) electrons. The van der Waals surface area contributed by atoms with E-state index in [0.717, 1.165) is 36.9 Å². The highest BCUT2D eigenvalue weighted by atomic mass is 16.6. The minimum absolute atomic E-state index is 0.0891. The first kappa shape index (κ1) is 12.7. The van der Waals surface area contributed by atoms with E-state index in [1.807, 2.05) is 24.3 Å². The van der Waals surface area contributed by atoms with Crippen LogP contribution >= 0.6 is 0 Å². The lowest BCUT2D eigenvalue weighted by Gasteiger charge is -2.21. The maximum Gasteiger partial charge on any atom is 0.411 e. The van der Waals surface area contributed by atoms with Crippen molar-refractivity contribution in [1.82, 2.24) is 0 Å². The van der Waals surface area contributed by atoms with Gasteiger partial charge in [-0.05, 0) is 43.4 Å². The summed E-state index contributed by atoms with van der Waals surface area (Å²) in [7, 11) is 0. The molecule has 3 heteroatoms. The molecule has 1 fully saturated rings. The fourth-order valence-electron chi connectivity index (χ4n) is 2.18. The van der Waals surface area contributed by atoms with Gasteiger partial charge in [-0.1, -0.05) is 31.2 Å². The monoisotopic (exact) mass is 245 g/mol. The Morgan fingerprint density at radius 1 is 1.22 bits per heavy atom. The van der Waals surface area contributed by atoms with Gasteiger partial charge in [0.25, 0.3) is 0 Å². The lowest BCUT2D eigenvalue weighted by atomic mass is 9.98. The number of carbonyl (C=O) groups is 1. The molecule has 1 aromatic carbocycles. The van der Waals surface area contributed by atoms with Crippen LogP contribution in [0, 0.1) is 0 Å². The van der Waals surface area contributed by atoms with Crippen molar-refractivity contribution in [2.24, 2.45) is 0 Å². The van der Waals surface area contributed by atoms with Gasteiger partial charge in [0, 0.05) is 5.69 Å². The molecule has 0 bridgehead atoms. The van der Waals surface area contributed by atoms with E-state index in [1.54, 1.807) is 6.08 Å². The summed E-state index contributed by atoms with van der Waals surface area (Å²) in [5, 5.41) is 2.75. The third kappa shape index (κ3) is 3.62. The molecular weight excluding hydrogens is 226 g/mol. The van der Waals surface area contributed by atoms with Crippen molar-refractivity contribution < 1.29 is 9.53 Å². The standard InChI is InChI=1S/C15H19NO2/c1-2-12-8-10-13(11-9-12)16-15(17)18-14-6-4-3-5-7-14/h2,8-11,14H,1,3-7H2,(H,16,17). The quantitative estimate of drug-likeness (QED) is 0.866. The van der Waals surface area contributed by atoms with Gasteiger partial charge in [0.05, 0.1) is 0 Å². The predicted molar refractivity (Wildman–Crippen MR) is 73.5 cm³/mol. The molecule has 0 spiro atoms. The van der Waals surface area contributed by atoms with E-state index in [1.165, 1.54) is 6.42 Å². The Bertz CT molecular complexity index is 405. The Morgan fingerprint density at radius 3 is 2.50 bits per heavy atom. The molecule has 18 heavy (non-hydrogen) atoms. The van der Waals surface area contributed by atoms with E-state index in [2.05, 4.69) is 11.9 Å². The van der Waals surface area contributed by atoms with Gasteiger partial charge in [0.1, 0.15) is 6.10 Å². The third-order valence-corrected chi connectivity index (χ3v) is 3.22. The highest BCUT2D eigenvalue weighted by Crippen LogP contribution is 2.21. The van der Waals surface area contributed by atoms with Gasteiger partial charge < -0.3 is 4.74 Å². The van der Waals surface area contributed by atoms with Gasteiger partial charge in [-0.3, -0.25) is 5.32 Å². The summed E-state index contributed by atoms with van der Waals surface area (Å²) in [4.78, 5) is 11.7. The Balaban J connectivity index is 1.83. The molecule has 96 valence electrons. The number of rotatable bonds is 3. The summed E-state index contributed by atoms with van der Waals surface area (Å²) < 4.78 is 5.38. The zero-order valence-electron chi connectivity index (χ0n) is 10.5. The average Bonchev–Trinajstić information content (AvgIpc) is 2.40. The van der Waals surface area contributed by atoms with Gasteiger partial charge in [0.2, 0.25) is 0 Å². The summed E-state index contributed by atoms with van der Waals surface area (Å²) >= 11 is 0. The lowest BCUT2D eigenvalue weighted by molar-refractivity contribution is 0.0865. The molecule has 0 heterocycles. The van der Waals surface area contributed by atoms with Gasteiger partial charge in [0.15, 0.2) is 0 Å². The second-order valence-corrected chi connectivity index (χ2v) is 4.62. The number of amides is 1. The molecule has 1 aromatic rings. The highest BCUT2D eigenvalue weighted by molar-refractivity contribution is 5.84. The average molecular weight is 245 g/mol. The number of nitrogens with one attached hydrogen (secondary N) is 1. The number of ether oxygens (including phenoxy) is 1. The van der Waals surface area contributed by atoms with E-state index < -0.39 is 0 Å². The number of hydrogen-bond acceptors (Lipinski definition) is 2. The SMILES string of the molecule is C=Cc1ccc(NC(=O)OC2CCCCC2)cc1. The van der Waals surface area contributed by atoms with Crippen molar-refractivity contribution >= 4 is 17.9 Å². The molecule has 1 amide bonds. The maximum absolute atomic E-state index is 11.7. The topological polar surface area (TPSA) is 38.3 Å². The van der Waals surface area contributed by atoms with Crippen LogP contribution in [-0.4, -0.2) is 12.2 Å². The summed E-state index contributed by atoms with van der Waals surface area (Å²) in [6, 6.07) is 7.50. The summed E-state index contributed by atoms with van der Waals surface area (Å²) in [6.07, 6.45) is 7.05. The summed E-state index contributed by atoms with van der Waals surface area (Å²) in [5.41, 5.74) is 1.78. The first-order chi connectivity index (χ1) is 8.78. The van der Waals surface area contributed by atoms with E-state index in [0.29, 0.717) is 0 Å². The van der Waals surface area contributed by atoms with Gasteiger partial charge >= 0.3 is 6.09 Å². The van der Waals surface area contributed by atoms with E-state index in [4.69, 9.17) is 4.74 Å². The Kier molecular flexibility index (Phi) is 4.40. The van der Waals surface area contributed by atoms with Crippen LogP contribution in [0.15, 0.2) is 30.8 Å². The van der Waals surface area contributed by atoms with Crippen LogP contribution in [-0.2, 0) is 4.74 Å². The van der Waals surface area contributed by atoms with Crippen molar-refractivity contribution in [2.75, 3.05) is 5.32 Å². The molecule has 1 saturated carbocycles. The van der Waals surface area contributed by atoms with Gasteiger partial charge in [-0.25, -0.2) is 4.79 Å².